The van der Waals surface area contributed by atoms with Gasteiger partial charge in [0.05, 0.1) is 6.42 Å². The summed E-state index contributed by atoms with van der Waals surface area (Å²) in [4.78, 5) is 36.8. The fourth-order valence-electron chi connectivity index (χ4n) is 1.63. The molecule has 1 amide bonds. The second kappa shape index (κ2) is 8.75. The number of amides is 1. The maximum atomic E-state index is 11.5. The van der Waals surface area contributed by atoms with Crippen LogP contribution in [-0.4, -0.2) is 43.3 Å². The van der Waals surface area contributed by atoms with Crippen LogP contribution >= 0.6 is 12.2 Å². The summed E-state index contributed by atoms with van der Waals surface area (Å²) in [5.74, 6) is -0.960. The Bertz CT molecular complexity index is 616. The van der Waals surface area contributed by atoms with Gasteiger partial charge in [-0.15, -0.1) is 0 Å². The van der Waals surface area contributed by atoms with Crippen molar-refractivity contribution in [3.05, 3.63) is 22.1 Å². The Labute approximate surface area is 135 Å². The Balaban J connectivity index is 2.35. The van der Waals surface area contributed by atoms with Crippen molar-refractivity contribution < 1.29 is 24.5 Å². The molecule has 0 unspecified atom stereocenters. The van der Waals surface area contributed by atoms with Crippen LogP contribution in [0.2, 0.25) is 0 Å². The average Bonchev–Trinajstić information content (AvgIpc) is 2.86. The van der Waals surface area contributed by atoms with Gasteiger partial charge in [0.15, 0.2) is 10.9 Å². The van der Waals surface area contributed by atoms with Gasteiger partial charge < -0.3 is 20.2 Å². The van der Waals surface area contributed by atoms with Gasteiger partial charge in [-0.3, -0.25) is 14.8 Å². The van der Waals surface area contributed by atoms with E-state index in [1.165, 1.54) is 4.57 Å². The fourth-order valence-corrected chi connectivity index (χ4v) is 1.75. The molecule has 1 rings (SSSR count). The van der Waals surface area contributed by atoms with Crippen LogP contribution in [0.5, 0.6) is 0 Å². The van der Waals surface area contributed by atoms with Crippen LogP contribution in [0.1, 0.15) is 18.7 Å². The number of aryl methyl sites for hydroxylation is 1. The summed E-state index contributed by atoms with van der Waals surface area (Å²) in [7, 11) is 0. The van der Waals surface area contributed by atoms with Crippen LogP contribution in [-0.2, 0) is 20.9 Å². The normalized spacial score (nSPS) is 10.0. The number of carbonyl (C=O) groups excluding carboxylic acids is 2. The van der Waals surface area contributed by atoms with Crippen molar-refractivity contribution in [1.82, 2.24) is 20.3 Å². The summed E-state index contributed by atoms with van der Waals surface area (Å²) >= 11 is 4.50. The molecule has 0 saturated carbocycles. The average molecular weight is 345 g/mol. The van der Waals surface area contributed by atoms with E-state index in [0.717, 1.165) is 6.20 Å². The van der Waals surface area contributed by atoms with Crippen molar-refractivity contribution in [3.8, 4) is 0 Å². The Hall–Kier alpha value is -2.60. The maximum Gasteiger partial charge on any atom is 0.342 e. The van der Waals surface area contributed by atoms with Gasteiger partial charge in [-0.05, 0) is 17.1 Å². The summed E-state index contributed by atoms with van der Waals surface area (Å²) in [6, 6.07) is 0. The summed E-state index contributed by atoms with van der Waals surface area (Å²) in [5.41, 5.74) is 1.57. The Kier molecular flexibility index (Phi) is 7.02. The highest BCUT2D eigenvalue weighted by atomic mass is 32.1. The molecule has 12 heteroatoms. The molecular formula is C11H15N5O6S. The van der Waals surface area contributed by atoms with Crippen LogP contribution in [0.3, 0.4) is 0 Å². The molecule has 3 N–H and O–H groups in total. The van der Waals surface area contributed by atoms with E-state index < -0.39 is 16.8 Å². The van der Waals surface area contributed by atoms with E-state index in [1.54, 1.807) is 12.4 Å². The fraction of sp³-hybridized carbons (Fsp3) is 0.455. The molecule has 1 aromatic rings. The zero-order valence-electron chi connectivity index (χ0n) is 12.1. The van der Waals surface area contributed by atoms with Crippen molar-refractivity contribution in [2.75, 3.05) is 6.61 Å². The highest BCUT2D eigenvalue weighted by Gasteiger charge is 2.17. The molecule has 0 saturated heterocycles. The summed E-state index contributed by atoms with van der Waals surface area (Å²) in [6.07, 6.45) is 0.759. The molecule has 11 nitrogen and oxygen atoms in total. The lowest BCUT2D eigenvalue weighted by Crippen LogP contribution is -2.37. The van der Waals surface area contributed by atoms with Gasteiger partial charge in [-0.1, -0.05) is 0 Å². The third kappa shape index (κ3) is 5.96. The Morgan fingerprint density at radius 1 is 1.52 bits per heavy atom. The topological polar surface area (TPSA) is 149 Å². The maximum absolute atomic E-state index is 11.5. The number of thiocarbonyl (C=S) groups is 1. The first kappa shape index (κ1) is 18.4. The number of esters is 1. The molecule has 1 aromatic heterocycles. The van der Waals surface area contributed by atoms with E-state index >= 15 is 0 Å². The zero-order valence-corrected chi connectivity index (χ0v) is 13.0. The number of hydroxylamine groups is 1. The Morgan fingerprint density at radius 2 is 2.22 bits per heavy atom. The smallest absolute Gasteiger partial charge is 0.342 e. The summed E-state index contributed by atoms with van der Waals surface area (Å²) in [6.45, 7) is 1.59. The van der Waals surface area contributed by atoms with Crippen LogP contribution in [0.4, 0.5) is 5.82 Å². The number of carbonyl (C=O) groups is 2. The molecule has 126 valence electrons. The Morgan fingerprint density at radius 3 is 2.83 bits per heavy atom. The first-order valence-corrected chi connectivity index (χ1v) is 6.82. The van der Waals surface area contributed by atoms with Crippen LogP contribution in [0.15, 0.2) is 6.20 Å². The van der Waals surface area contributed by atoms with Crippen molar-refractivity contribution in [2.45, 2.75) is 26.3 Å². The predicted octanol–water partition coefficient (Wildman–Crippen LogP) is -0.197. The number of nitro groups is 1. The molecule has 1 heterocycles. The molecule has 0 fully saturated rings. The molecule has 0 aromatic carbocycles. The van der Waals surface area contributed by atoms with Gasteiger partial charge in [-0.2, -0.15) is 0 Å². The van der Waals surface area contributed by atoms with E-state index in [1.807, 2.05) is 0 Å². The lowest BCUT2D eigenvalue weighted by Gasteiger charge is -2.06. The first-order valence-electron chi connectivity index (χ1n) is 6.41. The van der Waals surface area contributed by atoms with Gasteiger partial charge in [-0.25, -0.2) is 15.0 Å². The van der Waals surface area contributed by atoms with E-state index in [-0.39, 0.29) is 36.9 Å². The zero-order chi connectivity index (χ0) is 17.4. The van der Waals surface area contributed by atoms with Gasteiger partial charge >= 0.3 is 11.8 Å². The molecule has 0 aliphatic carbocycles. The first-order chi connectivity index (χ1) is 10.8. The SMILES string of the molecule is Cc1ncc([N+](=O)[O-])n1CCOC(=O)CCC(=O)NC(=S)NO. The predicted molar refractivity (Wildman–Crippen MR) is 79.5 cm³/mol. The largest absolute Gasteiger partial charge is 0.461 e. The van der Waals surface area contributed by atoms with Gasteiger partial charge in [0.2, 0.25) is 5.91 Å². The monoisotopic (exact) mass is 345 g/mol. The molecule has 0 aliphatic rings. The number of hydrogen-bond donors (Lipinski definition) is 3. The number of imidazole rings is 1. The minimum atomic E-state index is -0.636. The third-order valence-corrected chi connectivity index (χ3v) is 2.90. The number of nitrogens with one attached hydrogen (secondary N) is 2. The van der Waals surface area contributed by atoms with Crippen molar-refractivity contribution in [2.24, 2.45) is 0 Å². The molecular weight excluding hydrogens is 330 g/mol. The number of rotatable bonds is 7. The van der Waals surface area contributed by atoms with Crippen molar-refractivity contribution in [1.29, 1.82) is 0 Å². The highest BCUT2D eigenvalue weighted by Crippen LogP contribution is 2.13. The van der Waals surface area contributed by atoms with E-state index in [9.17, 15) is 19.7 Å². The van der Waals surface area contributed by atoms with Crippen LogP contribution < -0.4 is 10.8 Å². The number of ether oxygens (including phenoxy) is 1. The van der Waals surface area contributed by atoms with Gasteiger partial charge in [0.25, 0.3) is 0 Å². The molecule has 23 heavy (non-hydrogen) atoms. The quantitative estimate of drug-likeness (QED) is 0.264. The van der Waals surface area contributed by atoms with E-state index in [4.69, 9.17) is 9.94 Å². The van der Waals surface area contributed by atoms with E-state index in [0.29, 0.717) is 5.82 Å². The number of nitrogens with zero attached hydrogens (tertiary/aromatic N) is 3. The molecule has 0 spiro atoms. The number of aromatic nitrogens is 2. The molecule has 0 radical (unpaired) electrons. The van der Waals surface area contributed by atoms with Crippen LogP contribution in [0.25, 0.3) is 0 Å². The summed E-state index contributed by atoms with van der Waals surface area (Å²) < 4.78 is 6.21. The second-order valence-corrected chi connectivity index (χ2v) is 4.69. The molecule has 0 aliphatic heterocycles. The van der Waals surface area contributed by atoms with Crippen LogP contribution in [0, 0.1) is 17.0 Å². The van der Waals surface area contributed by atoms with Gasteiger partial charge in [0.1, 0.15) is 19.3 Å². The standard InChI is InChI=1S/C11H15N5O6S/c1-7-12-6-9(16(20)21)15(7)4-5-22-10(18)3-2-8(17)13-11(23)14-19/h6,19H,2-5H2,1H3,(H2,13,14,17,23). The van der Waals surface area contributed by atoms with Crippen molar-refractivity contribution >= 4 is 35.0 Å². The van der Waals surface area contributed by atoms with E-state index in [2.05, 4.69) is 22.5 Å². The number of hydrogen-bond acceptors (Lipinski definition) is 8. The third-order valence-electron chi connectivity index (χ3n) is 2.71. The highest BCUT2D eigenvalue weighted by molar-refractivity contribution is 7.80. The molecule has 0 atom stereocenters. The minimum absolute atomic E-state index is 0.0819. The lowest BCUT2D eigenvalue weighted by molar-refractivity contribution is -0.392. The minimum Gasteiger partial charge on any atom is -0.461 e. The second-order valence-electron chi connectivity index (χ2n) is 4.28. The molecule has 0 bridgehead atoms. The van der Waals surface area contributed by atoms with Gasteiger partial charge in [0, 0.05) is 13.3 Å². The summed E-state index contributed by atoms with van der Waals surface area (Å²) in [5, 5.41) is 21.0. The van der Waals surface area contributed by atoms with Crippen molar-refractivity contribution in [3.63, 3.8) is 0 Å². The lowest BCUT2D eigenvalue weighted by atomic mass is 10.3.